The lowest BCUT2D eigenvalue weighted by atomic mass is 9.61. The van der Waals surface area contributed by atoms with Crippen LogP contribution in [0.1, 0.15) is 103 Å². The number of hydrogen-bond donors (Lipinski definition) is 3. The van der Waals surface area contributed by atoms with E-state index in [9.17, 15) is 15.3 Å². The Kier molecular flexibility index (Phi) is 8.95. The normalized spacial score (nSPS) is 35.3. The minimum atomic E-state index is -0.636. The first kappa shape index (κ1) is 29.5. The maximum atomic E-state index is 11.4. The van der Waals surface area contributed by atoms with Gasteiger partial charge in [0.05, 0.1) is 18.3 Å². The molecular weight excluding hydrogens is 492 g/mol. The monoisotopic (exact) mass is 544 g/mol. The highest BCUT2D eigenvalue weighted by Crippen LogP contribution is 2.60. The van der Waals surface area contributed by atoms with E-state index in [0.29, 0.717) is 30.6 Å². The Morgan fingerprint density at radius 3 is 2.65 bits per heavy atom. The molecule has 0 bridgehead atoms. The van der Waals surface area contributed by atoms with Gasteiger partial charge in [-0.25, -0.2) is 0 Å². The molecule has 0 aromatic heterocycles. The van der Waals surface area contributed by atoms with Crippen molar-refractivity contribution < 1.29 is 15.3 Å². The first-order chi connectivity index (χ1) is 19.2. The Balaban J connectivity index is 1.27. The van der Waals surface area contributed by atoms with Crippen LogP contribution in [0.5, 0.6) is 0 Å². The molecule has 7 atom stereocenters. The van der Waals surface area contributed by atoms with Gasteiger partial charge in [0, 0.05) is 11.8 Å². The van der Waals surface area contributed by atoms with Crippen LogP contribution in [0.2, 0.25) is 0 Å². The molecule has 5 rings (SSSR count). The summed E-state index contributed by atoms with van der Waals surface area (Å²) < 4.78 is 0. The molecule has 218 valence electrons. The lowest BCUT2D eigenvalue weighted by molar-refractivity contribution is 0.0862. The van der Waals surface area contributed by atoms with Crippen LogP contribution in [0.4, 0.5) is 0 Å². The van der Waals surface area contributed by atoms with Crippen LogP contribution >= 0.6 is 0 Å². The second kappa shape index (κ2) is 12.1. The smallest absolute Gasteiger partial charge is 0.0817 e. The van der Waals surface area contributed by atoms with Crippen LogP contribution in [0.25, 0.3) is 0 Å². The first-order valence-electron chi connectivity index (χ1n) is 16.1. The van der Waals surface area contributed by atoms with Crippen molar-refractivity contribution in [3.05, 3.63) is 83.0 Å². The summed E-state index contributed by atoms with van der Waals surface area (Å²) in [5, 5.41) is 31.8. The largest absolute Gasteiger partial charge is 0.393 e. The fourth-order valence-electron chi connectivity index (χ4n) is 8.51. The van der Waals surface area contributed by atoms with Crippen molar-refractivity contribution in [3.8, 4) is 0 Å². The van der Waals surface area contributed by atoms with Crippen LogP contribution in [-0.2, 0) is 11.8 Å². The minimum Gasteiger partial charge on any atom is -0.393 e. The highest BCUT2D eigenvalue weighted by molar-refractivity contribution is 5.39. The summed E-state index contributed by atoms with van der Waals surface area (Å²) in [6, 6.07) is 8.98. The molecule has 0 aliphatic heterocycles. The zero-order valence-corrected chi connectivity index (χ0v) is 25.1. The van der Waals surface area contributed by atoms with Gasteiger partial charge >= 0.3 is 0 Å². The van der Waals surface area contributed by atoms with Crippen molar-refractivity contribution in [2.45, 2.75) is 122 Å². The number of aryl methyl sites for hydroxylation is 1. The summed E-state index contributed by atoms with van der Waals surface area (Å²) in [6.45, 7) is 11.2. The molecular formula is C37H52O3. The van der Waals surface area contributed by atoms with Gasteiger partial charge in [-0.15, -0.1) is 0 Å². The number of aliphatic hydroxyl groups is 3. The number of aliphatic hydroxyl groups excluding tert-OH is 3. The van der Waals surface area contributed by atoms with Crippen LogP contribution in [0.15, 0.2) is 71.9 Å². The SMILES string of the molecule is C=C1C(=CC=C2CCC[C@]3(C)[C@@H]([C@H](C)C=C[C@H](O)C4(c5cccc(CCCC)c5)CC4)CC[C@@H]23)C[C@@H](O)C[C@@H]1O. The molecule has 1 aromatic carbocycles. The number of benzene rings is 1. The van der Waals surface area contributed by atoms with Gasteiger partial charge < -0.3 is 15.3 Å². The Hall–Kier alpha value is -1.94. The van der Waals surface area contributed by atoms with E-state index in [4.69, 9.17) is 0 Å². The predicted octanol–water partition coefficient (Wildman–Crippen LogP) is 7.76. The van der Waals surface area contributed by atoms with Gasteiger partial charge in [-0.1, -0.05) is 87.9 Å². The minimum absolute atomic E-state index is 0.0981. The number of allylic oxidation sites excluding steroid dienone is 4. The molecule has 4 saturated carbocycles. The number of unbranched alkanes of at least 4 members (excludes halogenated alkanes) is 1. The molecule has 4 aliphatic carbocycles. The first-order valence-corrected chi connectivity index (χ1v) is 16.1. The summed E-state index contributed by atoms with van der Waals surface area (Å²) in [4.78, 5) is 0. The molecule has 40 heavy (non-hydrogen) atoms. The third-order valence-corrected chi connectivity index (χ3v) is 11.2. The van der Waals surface area contributed by atoms with Crippen LogP contribution in [0.3, 0.4) is 0 Å². The Morgan fingerprint density at radius 1 is 1.10 bits per heavy atom. The summed E-state index contributed by atoms with van der Waals surface area (Å²) >= 11 is 0. The molecule has 3 heteroatoms. The molecule has 0 spiro atoms. The Labute approximate surface area is 242 Å². The predicted molar refractivity (Wildman–Crippen MR) is 165 cm³/mol. The highest BCUT2D eigenvalue weighted by atomic mass is 16.3. The molecule has 3 nitrogen and oxygen atoms in total. The van der Waals surface area contributed by atoms with E-state index in [1.54, 1.807) is 0 Å². The lowest BCUT2D eigenvalue weighted by Gasteiger charge is -2.44. The molecule has 0 saturated heterocycles. The van der Waals surface area contributed by atoms with Gasteiger partial charge in [-0.3, -0.25) is 0 Å². The van der Waals surface area contributed by atoms with Crippen molar-refractivity contribution in [2.24, 2.45) is 23.2 Å². The second-order valence-electron chi connectivity index (χ2n) is 13.8. The summed E-state index contributed by atoms with van der Waals surface area (Å²) in [5.41, 5.74) is 6.18. The maximum Gasteiger partial charge on any atom is 0.0817 e. The fourth-order valence-corrected chi connectivity index (χ4v) is 8.51. The maximum absolute atomic E-state index is 11.4. The van der Waals surface area contributed by atoms with Crippen LogP contribution < -0.4 is 0 Å². The Morgan fingerprint density at radius 2 is 1.90 bits per heavy atom. The molecule has 0 radical (unpaired) electrons. The summed E-state index contributed by atoms with van der Waals surface area (Å²) in [5.74, 6) is 1.62. The second-order valence-corrected chi connectivity index (χ2v) is 13.8. The standard InChI is InChI=1S/C37H52O3/c1-5-6-9-27-10-7-12-30(22-27)37(20-21-37)35(40)18-13-25(2)32-16-17-33-28(11-8-19-36(32,33)4)14-15-29-23-31(38)24-34(39)26(29)3/h7,10,12-15,18,22,25,31-35,38-40H,3,5-6,8-9,11,16-17,19-21,23-24H2,1-2,4H3/t25-,31-,32-,33+,34+,35+,36-/m1/s1. The van der Waals surface area contributed by atoms with Gasteiger partial charge in [0.25, 0.3) is 0 Å². The van der Waals surface area contributed by atoms with E-state index < -0.39 is 18.3 Å². The highest BCUT2D eigenvalue weighted by Gasteiger charge is 2.51. The molecule has 0 unspecified atom stereocenters. The van der Waals surface area contributed by atoms with Crippen molar-refractivity contribution in [3.63, 3.8) is 0 Å². The lowest BCUT2D eigenvalue weighted by Crippen LogP contribution is -2.35. The fraction of sp³-hybridized carbons (Fsp3) is 0.622. The third-order valence-electron chi connectivity index (χ3n) is 11.2. The molecule has 4 fully saturated rings. The molecule has 0 heterocycles. The number of hydrogen-bond acceptors (Lipinski definition) is 3. The van der Waals surface area contributed by atoms with E-state index in [0.717, 1.165) is 36.8 Å². The Bertz CT molecular complexity index is 1150. The van der Waals surface area contributed by atoms with E-state index in [-0.39, 0.29) is 10.8 Å². The zero-order chi connectivity index (χ0) is 28.5. The van der Waals surface area contributed by atoms with E-state index in [1.165, 1.54) is 55.2 Å². The van der Waals surface area contributed by atoms with Gasteiger partial charge in [0.1, 0.15) is 0 Å². The van der Waals surface area contributed by atoms with E-state index in [2.05, 4.69) is 75.9 Å². The molecule has 3 N–H and O–H groups in total. The molecule has 1 aromatic rings. The molecule has 4 aliphatic rings. The third kappa shape index (κ3) is 5.85. The number of rotatable bonds is 9. The average molecular weight is 545 g/mol. The van der Waals surface area contributed by atoms with Gasteiger partial charge in [0.15, 0.2) is 0 Å². The summed E-state index contributed by atoms with van der Waals surface area (Å²) in [7, 11) is 0. The van der Waals surface area contributed by atoms with Crippen molar-refractivity contribution >= 4 is 0 Å². The molecule has 0 amide bonds. The van der Waals surface area contributed by atoms with Gasteiger partial charge in [-0.05, 0) is 110 Å². The van der Waals surface area contributed by atoms with Crippen molar-refractivity contribution in [1.29, 1.82) is 0 Å². The summed E-state index contributed by atoms with van der Waals surface area (Å²) in [6.07, 6.45) is 20.0. The van der Waals surface area contributed by atoms with Gasteiger partial charge in [-0.2, -0.15) is 0 Å². The number of fused-ring (bicyclic) bond motifs is 1. The van der Waals surface area contributed by atoms with Crippen molar-refractivity contribution in [2.75, 3.05) is 0 Å². The van der Waals surface area contributed by atoms with Crippen LogP contribution in [-0.4, -0.2) is 33.6 Å². The van der Waals surface area contributed by atoms with E-state index >= 15 is 0 Å². The van der Waals surface area contributed by atoms with E-state index in [1.807, 2.05) is 0 Å². The van der Waals surface area contributed by atoms with Crippen molar-refractivity contribution in [1.82, 2.24) is 0 Å². The zero-order valence-electron chi connectivity index (χ0n) is 25.1. The van der Waals surface area contributed by atoms with Gasteiger partial charge in [0.2, 0.25) is 0 Å². The van der Waals surface area contributed by atoms with Crippen LogP contribution in [0, 0.1) is 23.2 Å². The quantitative estimate of drug-likeness (QED) is 0.279. The average Bonchev–Trinajstić information content (AvgIpc) is 3.68. The topological polar surface area (TPSA) is 60.7 Å².